The predicted molar refractivity (Wildman–Crippen MR) is 203 cm³/mol. The van der Waals surface area contributed by atoms with Gasteiger partial charge >= 0.3 is 0 Å². The fourth-order valence-electron chi connectivity index (χ4n) is 5.96. The van der Waals surface area contributed by atoms with E-state index in [0.29, 0.717) is 47.1 Å². The quantitative estimate of drug-likeness (QED) is 0.164. The molecule has 1 unspecified atom stereocenters. The first-order chi connectivity index (χ1) is 24.4. The van der Waals surface area contributed by atoms with Gasteiger partial charge < -0.3 is 25.2 Å². The molecule has 5 rings (SSSR count). The number of rotatable bonds is 8. The smallest absolute Gasteiger partial charge is 0.290 e. The molecular formula is C37H53Cl2F3N6O4. The molecule has 0 aliphatic carbocycles. The summed E-state index contributed by atoms with van der Waals surface area (Å²) >= 11 is 12.5. The Kier molecular flexibility index (Phi) is 16.4. The van der Waals surface area contributed by atoms with Crippen molar-refractivity contribution >= 4 is 59.1 Å². The number of anilines is 1. The molecule has 52 heavy (non-hydrogen) atoms. The van der Waals surface area contributed by atoms with Crippen LogP contribution < -0.4 is 10.6 Å². The van der Waals surface area contributed by atoms with Gasteiger partial charge in [0.1, 0.15) is 17.2 Å². The van der Waals surface area contributed by atoms with Crippen molar-refractivity contribution < 1.29 is 32.3 Å². The van der Waals surface area contributed by atoms with Crippen molar-refractivity contribution in [1.29, 1.82) is 0 Å². The zero-order chi connectivity index (χ0) is 39.6. The molecule has 15 heteroatoms. The molecule has 2 fully saturated rings. The highest BCUT2D eigenvalue weighted by Gasteiger charge is 2.72. The number of carbonyl (C=O) groups is 3. The van der Waals surface area contributed by atoms with Crippen LogP contribution in [0, 0.1) is 12.7 Å². The lowest BCUT2D eigenvalue weighted by Gasteiger charge is -2.64. The average Bonchev–Trinajstić information content (AvgIpc) is 3.07. The van der Waals surface area contributed by atoms with Gasteiger partial charge in [-0.15, -0.1) is 0 Å². The van der Waals surface area contributed by atoms with E-state index in [2.05, 4.69) is 15.6 Å². The number of amidine groups is 1. The van der Waals surface area contributed by atoms with Crippen LogP contribution in [0.2, 0.25) is 10.0 Å². The second-order valence-corrected chi connectivity index (χ2v) is 14.0. The molecular weight excluding hydrogens is 720 g/mol. The van der Waals surface area contributed by atoms with Crippen LogP contribution in [0.3, 0.4) is 0 Å². The Balaban J connectivity index is 0.000000839. The summed E-state index contributed by atoms with van der Waals surface area (Å²) in [5.74, 6) is -3.67. The van der Waals surface area contributed by atoms with Crippen LogP contribution in [-0.2, 0) is 25.5 Å². The van der Waals surface area contributed by atoms with Crippen LogP contribution in [0.15, 0.2) is 29.3 Å². The Bertz CT molecular complexity index is 1580. The number of hydrogen-bond donors (Lipinski definition) is 2. The van der Waals surface area contributed by atoms with E-state index in [1.165, 1.54) is 12.1 Å². The van der Waals surface area contributed by atoms with Gasteiger partial charge in [0.15, 0.2) is 0 Å². The van der Waals surface area contributed by atoms with E-state index < -0.39 is 23.8 Å². The van der Waals surface area contributed by atoms with E-state index in [4.69, 9.17) is 27.9 Å². The van der Waals surface area contributed by atoms with E-state index in [1.54, 1.807) is 29.9 Å². The van der Waals surface area contributed by atoms with E-state index in [1.807, 2.05) is 61.5 Å². The number of carbonyl (C=O) groups excluding carboxylic acids is 3. The summed E-state index contributed by atoms with van der Waals surface area (Å²) in [6.45, 7) is 17.1. The minimum absolute atomic E-state index is 0.0312. The monoisotopic (exact) mass is 772 g/mol. The summed E-state index contributed by atoms with van der Waals surface area (Å²) in [5.41, 5.74) is 1.14. The maximum Gasteiger partial charge on any atom is 0.290 e. The maximum atomic E-state index is 14.9. The number of amides is 3. The number of halogens is 5. The molecule has 3 aliphatic heterocycles. The van der Waals surface area contributed by atoms with Crippen molar-refractivity contribution in [2.24, 2.45) is 4.99 Å². The second kappa shape index (κ2) is 19.1. The molecule has 3 aliphatic rings. The topological polar surface area (TPSA) is 107 Å². The summed E-state index contributed by atoms with van der Waals surface area (Å²) in [6, 6.07) is 5.86. The van der Waals surface area contributed by atoms with E-state index in [-0.39, 0.29) is 55.3 Å². The molecule has 0 saturated carbocycles. The highest BCUT2D eigenvalue weighted by Crippen LogP contribution is 2.49. The van der Waals surface area contributed by atoms with Gasteiger partial charge in [-0.05, 0) is 82.0 Å². The van der Waals surface area contributed by atoms with Crippen LogP contribution >= 0.6 is 23.2 Å². The minimum atomic E-state index is -2.99. The molecule has 1 spiro atoms. The molecule has 1 atom stereocenters. The number of benzene rings is 2. The molecule has 10 nitrogen and oxygen atoms in total. The summed E-state index contributed by atoms with van der Waals surface area (Å²) < 4.78 is 48.2. The van der Waals surface area contributed by atoms with Crippen LogP contribution in [0.1, 0.15) is 78.1 Å². The Labute approximate surface area is 316 Å². The molecule has 3 amide bonds. The number of likely N-dealkylation sites (tertiary alicyclic amines) is 2. The van der Waals surface area contributed by atoms with E-state index >= 15 is 0 Å². The molecule has 290 valence electrons. The van der Waals surface area contributed by atoms with Crippen molar-refractivity contribution in [3.8, 4) is 0 Å². The van der Waals surface area contributed by atoms with Gasteiger partial charge in [0.25, 0.3) is 5.92 Å². The van der Waals surface area contributed by atoms with Crippen molar-refractivity contribution in [2.45, 2.75) is 91.8 Å². The zero-order valence-electron chi connectivity index (χ0n) is 31.8. The number of nitrogens with zero attached hydrogens (tertiary/aromatic N) is 4. The fraction of sp³-hybridized carbons (Fsp3) is 0.568. The standard InChI is InChI=1S/C28H29Cl2F3N6O3.C5H12O.2C2H6/c1-16-5-21(31)23(34-9-25(42)39-4-3-18-6-19(29)7-20(30)26(18)17(39)2)8-22(16)36-24(35-14-40)10-37-11-27(12-37)28(32,33)13-38(27)15-41;1-5(2,3)6-4;2*1-2/h5-8,14-15,17,34H,3-4,9-13H2,1-2H3,(H,35,36,40);1-4H3;2*1-2H3. The number of ether oxygens (including phenoxy) is 1. The first-order valence-electron chi connectivity index (χ1n) is 17.4. The third-order valence-corrected chi connectivity index (χ3v) is 9.42. The number of methoxy groups -OCH3 is 1. The van der Waals surface area contributed by atoms with Gasteiger partial charge in [-0.3, -0.25) is 19.3 Å². The predicted octanol–water partition coefficient (Wildman–Crippen LogP) is 7.42. The molecule has 2 aromatic rings. The normalized spacial score (nSPS) is 18.4. The largest absolute Gasteiger partial charge is 0.379 e. The zero-order valence-corrected chi connectivity index (χ0v) is 33.3. The molecule has 0 radical (unpaired) electrons. The number of aliphatic imine (C=N–C) groups is 1. The Morgan fingerprint density at radius 3 is 2.23 bits per heavy atom. The molecule has 2 aromatic carbocycles. The van der Waals surface area contributed by atoms with Crippen LogP contribution in [0.25, 0.3) is 0 Å². The lowest BCUT2D eigenvalue weighted by atomic mass is 9.74. The minimum Gasteiger partial charge on any atom is -0.379 e. The van der Waals surface area contributed by atoms with Gasteiger partial charge in [-0.25, -0.2) is 18.2 Å². The summed E-state index contributed by atoms with van der Waals surface area (Å²) in [4.78, 5) is 44.4. The van der Waals surface area contributed by atoms with Crippen molar-refractivity contribution in [2.75, 3.05) is 51.7 Å². The van der Waals surface area contributed by atoms with Crippen LogP contribution in [-0.4, -0.2) is 103 Å². The lowest BCUT2D eigenvalue weighted by molar-refractivity contribution is -0.275. The van der Waals surface area contributed by atoms with Crippen molar-refractivity contribution in [3.05, 3.63) is 56.8 Å². The van der Waals surface area contributed by atoms with Gasteiger partial charge in [-0.1, -0.05) is 50.9 Å². The first kappa shape index (κ1) is 44.8. The Morgan fingerprint density at radius 1 is 1.08 bits per heavy atom. The van der Waals surface area contributed by atoms with Gasteiger partial charge in [0.05, 0.1) is 42.7 Å². The Morgan fingerprint density at radius 2 is 1.69 bits per heavy atom. The molecule has 3 heterocycles. The van der Waals surface area contributed by atoms with Crippen molar-refractivity contribution in [3.63, 3.8) is 0 Å². The first-order valence-corrected chi connectivity index (χ1v) is 18.2. The maximum absolute atomic E-state index is 14.9. The number of hydrogen-bond acceptors (Lipinski definition) is 7. The Hall–Kier alpha value is -3.39. The number of nitrogens with one attached hydrogen (secondary N) is 2. The molecule has 0 aromatic heterocycles. The molecule has 2 saturated heterocycles. The van der Waals surface area contributed by atoms with Gasteiger partial charge in [0, 0.05) is 36.8 Å². The summed E-state index contributed by atoms with van der Waals surface area (Å²) in [7, 11) is 1.71. The highest BCUT2D eigenvalue weighted by atomic mass is 35.5. The molecule has 2 N–H and O–H groups in total. The second-order valence-electron chi connectivity index (χ2n) is 13.2. The average molecular weight is 774 g/mol. The van der Waals surface area contributed by atoms with Crippen LogP contribution in [0.4, 0.5) is 24.5 Å². The highest BCUT2D eigenvalue weighted by molar-refractivity contribution is 6.35. The number of alkyl halides is 2. The fourth-order valence-corrected chi connectivity index (χ4v) is 6.65. The van der Waals surface area contributed by atoms with Crippen LogP contribution in [0.5, 0.6) is 0 Å². The number of aryl methyl sites for hydroxylation is 1. The third kappa shape index (κ3) is 10.4. The van der Waals surface area contributed by atoms with Crippen molar-refractivity contribution in [1.82, 2.24) is 20.0 Å². The summed E-state index contributed by atoms with van der Waals surface area (Å²) in [5, 5.41) is 6.34. The van der Waals surface area contributed by atoms with Gasteiger partial charge in [0.2, 0.25) is 18.7 Å². The van der Waals surface area contributed by atoms with Gasteiger partial charge in [-0.2, -0.15) is 0 Å². The third-order valence-electron chi connectivity index (χ3n) is 8.89. The lowest BCUT2D eigenvalue weighted by Crippen LogP contribution is -2.87. The summed E-state index contributed by atoms with van der Waals surface area (Å²) in [6.07, 6.45) is 1.42. The van der Waals surface area contributed by atoms with E-state index in [0.717, 1.165) is 16.0 Å². The number of fused-ring (bicyclic) bond motifs is 1. The SMILES string of the molecule is CC.CC.COC(C)(C)C.Cc1cc(F)c(NCC(=O)N2CCc3cc(Cl)cc(Cl)c3C2C)cc1N=C(CN1CC2(C1)N(C=O)CC2(F)F)NC=O. The molecule has 0 bridgehead atoms. The van der Waals surface area contributed by atoms with E-state index in [9.17, 15) is 27.6 Å².